The molecule has 31 heavy (non-hydrogen) atoms. The number of fused-ring (bicyclic) bond motifs is 1. The van der Waals surface area contributed by atoms with Gasteiger partial charge in [-0.1, -0.05) is 6.07 Å². The molecule has 0 spiro atoms. The van der Waals surface area contributed by atoms with Crippen LogP contribution in [0.4, 0.5) is 0 Å². The molecule has 6 nitrogen and oxygen atoms in total. The third kappa shape index (κ3) is 5.50. The number of hydrogen-bond acceptors (Lipinski definition) is 5. The lowest BCUT2D eigenvalue weighted by Crippen LogP contribution is -2.32. The fraction of sp³-hybridized carbons (Fsp3) is 0.480. The summed E-state index contributed by atoms with van der Waals surface area (Å²) in [7, 11) is 1.64. The van der Waals surface area contributed by atoms with Crippen molar-refractivity contribution in [2.75, 3.05) is 7.11 Å². The van der Waals surface area contributed by atoms with Crippen LogP contribution in [0.25, 0.3) is 11.0 Å². The van der Waals surface area contributed by atoms with Gasteiger partial charge < -0.3 is 14.6 Å². The van der Waals surface area contributed by atoms with E-state index in [1.54, 1.807) is 7.11 Å². The average Bonchev–Trinajstić information content (AvgIpc) is 2.80. The average molecular weight is 421 g/mol. The Labute approximate surface area is 183 Å². The molecule has 0 atom stereocenters. The van der Waals surface area contributed by atoms with Gasteiger partial charge in [0.15, 0.2) is 0 Å². The monoisotopic (exact) mass is 420 g/mol. The van der Waals surface area contributed by atoms with E-state index in [0.29, 0.717) is 6.04 Å². The summed E-state index contributed by atoms with van der Waals surface area (Å²) < 4.78 is 7.17. The van der Waals surface area contributed by atoms with Crippen molar-refractivity contribution in [3.63, 3.8) is 0 Å². The van der Waals surface area contributed by atoms with E-state index in [9.17, 15) is 4.79 Å². The van der Waals surface area contributed by atoms with Gasteiger partial charge in [0.25, 0.3) is 5.56 Å². The second kappa shape index (κ2) is 10.1. The number of benzene rings is 1. The van der Waals surface area contributed by atoms with E-state index >= 15 is 0 Å². The number of aromatic nitrogens is 3. The maximum absolute atomic E-state index is 12.4. The Kier molecular flexibility index (Phi) is 6.97. The van der Waals surface area contributed by atoms with Crippen LogP contribution >= 0.6 is 0 Å². The molecule has 0 amide bonds. The predicted octanol–water partition coefficient (Wildman–Crippen LogP) is 4.24. The van der Waals surface area contributed by atoms with Crippen molar-refractivity contribution in [1.29, 1.82) is 0 Å². The first kappa shape index (κ1) is 21.5. The molecule has 2 heterocycles. The van der Waals surface area contributed by atoms with E-state index < -0.39 is 0 Å². The molecule has 1 N–H and O–H groups in total. The van der Waals surface area contributed by atoms with Crippen LogP contribution in [0.5, 0.6) is 5.75 Å². The first-order valence-corrected chi connectivity index (χ1v) is 11.3. The molecule has 3 aromatic rings. The minimum Gasteiger partial charge on any atom is -0.497 e. The minimum atomic E-state index is -0.0424. The van der Waals surface area contributed by atoms with Crippen molar-refractivity contribution < 1.29 is 4.74 Å². The van der Waals surface area contributed by atoms with E-state index in [4.69, 9.17) is 4.74 Å². The van der Waals surface area contributed by atoms with Gasteiger partial charge >= 0.3 is 0 Å². The Balaban J connectivity index is 1.25. The van der Waals surface area contributed by atoms with Crippen LogP contribution in [0.3, 0.4) is 0 Å². The molecule has 0 bridgehead atoms. The van der Waals surface area contributed by atoms with Gasteiger partial charge in [0.05, 0.1) is 24.3 Å². The Morgan fingerprint density at radius 3 is 2.68 bits per heavy atom. The molecular formula is C25H32N4O2. The summed E-state index contributed by atoms with van der Waals surface area (Å²) in [6.07, 6.45) is 10.5. The van der Waals surface area contributed by atoms with Gasteiger partial charge in [-0.05, 0) is 75.1 Å². The molecule has 1 fully saturated rings. The zero-order valence-corrected chi connectivity index (χ0v) is 18.5. The van der Waals surface area contributed by atoms with Gasteiger partial charge in [0, 0.05) is 37.1 Å². The molecule has 0 radical (unpaired) electrons. The van der Waals surface area contributed by atoms with Gasteiger partial charge in [-0.2, -0.15) is 0 Å². The summed E-state index contributed by atoms with van der Waals surface area (Å²) in [5.41, 5.74) is 3.95. The zero-order chi connectivity index (χ0) is 21.6. The van der Waals surface area contributed by atoms with Crippen molar-refractivity contribution >= 4 is 11.0 Å². The quantitative estimate of drug-likeness (QED) is 0.590. The number of hydrogen-bond donors (Lipinski definition) is 1. The highest BCUT2D eigenvalue weighted by molar-refractivity contribution is 5.76. The number of methoxy groups -OCH3 is 1. The molecule has 1 aromatic carbocycles. The molecule has 1 aliphatic rings. The van der Waals surface area contributed by atoms with Crippen LogP contribution in [0.15, 0.2) is 47.5 Å². The van der Waals surface area contributed by atoms with Crippen LogP contribution in [0.2, 0.25) is 0 Å². The van der Waals surface area contributed by atoms with Gasteiger partial charge in [0.2, 0.25) is 0 Å². The summed E-state index contributed by atoms with van der Waals surface area (Å²) in [6.45, 7) is 3.64. The first-order chi connectivity index (χ1) is 15.1. The summed E-state index contributed by atoms with van der Waals surface area (Å²) in [5, 5.41) is 3.69. The lowest BCUT2D eigenvalue weighted by atomic mass is 9.83. The molecule has 1 aliphatic carbocycles. The van der Waals surface area contributed by atoms with Crippen LogP contribution < -0.4 is 15.6 Å². The third-order valence-electron chi connectivity index (χ3n) is 6.46. The predicted molar refractivity (Wildman–Crippen MR) is 123 cm³/mol. The van der Waals surface area contributed by atoms with E-state index in [0.717, 1.165) is 54.3 Å². The molecule has 4 rings (SSSR count). The highest BCUT2D eigenvalue weighted by atomic mass is 16.5. The number of nitrogens with one attached hydrogen (secondary N) is 1. The molecule has 0 unspecified atom stereocenters. The number of nitrogens with zero attached hydrogens (tertiary/aromatic N) is 3. The zero-order valence-electron chi connectivity index (χ0n) is 18.5. The number of aryl methyl sites for hydroxylation is 2. The Hall–Kier alpha value is -2.73. The molecule has 0 aliphatic heterocycles. The number of rotatable bonds is 8. The fourth-order valence-electron chi connectivity index (χ4n) is 4.56. The number of pyridine rings is 1. The molecule has 164 valence electrons. The van der Waals surface area contributed by atoms with E-state index in [1.807, 2.05) is 35.9 Å². The normalized spacial score (nSPS) is 18.9. The van der Waals surface area contributed by atoms with Crippen molar-refractivity contribution in [3.05, 3.63) is 64.3 Å². The van der Waals surface area contributed by atoms with Gasteiger partial charge in [0.1, 0.15) is 5.75 Å². The van der Waals surface area contributed by atoms with Crippen molar-refractivity contribution in [2.45, 2.75) is 64.6 Å². The Morgan fingerprint density at radius 1 is 1.10 bits per heavy atom. The van der Waals surface area contributed by atoms with Gasteiger partial charge in [-0.3, -0.25) is 9.78 Å². The standard InChI is InChI=1S/C25H32N4O2/c1-18-5-6-20(15-26-18)16-27-21-9-7-19(8-10-21)4-3-13-29-24-14-22(31-2)11-12-23(24)28-17-25(29)30/h5-6,11-12,14-15,17,19,21,27H,3-4,7-10,13,16H2,1-2H3. The molecule has 0 saturated heterocycles. The highest BCUT2D eigenvalue weighted by Gasteiger charge is 2.20. The maximum atomic E-state index is 12.4. The Bertz CT molecular complexity index is 1050. The Morgan fingerprint density at radius 2 is 1.94 bits per heavy atom. The second-order valence-corrected chi connectivity index (χ2v) is 8.65. The number of ether oxygens (including phenoxy) is 1. The van der Waals surface area contributed by atoms with Crippen molar-refractivity contribution in [3.8, 4) is 5.75 Å². The molecule has 6 heteroatoms. The second-order valence-electron chi connectivity index (χ2n) is 8.65. The van der Waals surface area contributed by atoms with Crippen LogP contribution in [0, 0.1) is 12.8 Å². The van der Waals surface area contributed by atoms with Gasteiger partial charge in [-0.25, -0.2) is 4.98 Å². The SMILES string of the molecule is COc1ccc2ncc(=O)n(CCCC3CCC(NCc4ccc(C)nc4)CC3)c2c1. The van der Waals surface area contributed by atoms with E-state index in [2.05, 4.69) is 27.4 Å². The smallest absolute Gasteiger partial charge is 0.269 e. The highest BCUT2D eigenvalue weighted by Crippen LogP contribution is 2.28. The minimum absolute atomic E-state index is 0.0424. The topological polar surface area (TPSA) is 69.0 Å². The molecular weight excluding hydrogens is 388 g/mol. The van der Waals surface area contributed by atoms with E-state index in [1.165, 1.54) is 37.4 Å². The third-order valence-corrected chi connectivity index (χ3v) is 6.46. The molecule has 2 aromatic heterocycles. The van der Waals surface area contributed by atoms with E-state index in [-0.39, 0.29) is 5.56 Å². The van der Waals surface area contributed by atoms with Crippen molar-refractivity contribution in [2.24, 2.45) is 5.92 Å². The summed E-state index contributed by atoms with van der Waals surface area (Å²) in [4.78, 5) is 21.1. The largest absolute Gasteiger partial charge is 0.497 e. The van der Waals surface area contributed by atoms with Gasteiger partial charge in [-0.15, -0.1) is 0 Å². The fourth-order valence-corrected chi connectivity index (χ4v) is 4.56. The maximum Gasteiger partial charge on any atom is 0.269 e. The summed E-state index contributed by atoms with van der Waals surface area (Å²) in [5.74, 6) is 1.50. The summed E-state index contributed by atoms with van der Waals surface area (Å²) >= 11 is 0. The van der Waals surface area contributed by atoms with Crippen LogP contribution in [-0.2, 0) is 13.1 Å². The lowest BCUT2D eigenvalue weighted by Gasteiger charge is -2.29. The lowest BCUT2D eigenvalue weighted by molar-refractivity contribution is 0.272. The van der Waals surface area contributed by atoms with Crippen molar-refractivity contribution in [1.82, 2.24) is 19.9 Å². The summed E-state index contributed by atoms with van der Waals surface area (Å²) in [6, 6.07) is 10.5. The van der Waals surface area contributed by atoms with Crippen LogP contribution in [0.1, 0.15) is 49.8 Å². The first-order valence-electron chi connectivity index (χ1n) is 11.3. The van der Waals surface area contributed by atoms with Crippen LogP contribution in [-0.4, -0.2) is 27.7 Å². The molecule has 1 saturated carbocycles.